The Balaban J connectivity index is 2.50. The maximum Gasteiger partial charge on any atom is 0.243 e. The topological polar surface area (TPSA) is 93.2 Å². The van der Waals surface area contributed by atoms with Crippen molar-refractivity contribution >= 4 is 10.0 Å². The zero-order valence-corrected chi connectivity index (χ0v) is 12.4. The number of rotatable bonds is 9. The van der Waals surface area contributed by atoms with Crippen molar-refractivity contribution in [2.24, 2.45) is 5.73 Å². The van der Waals surface area contributed by atoms with Crippen LogP contribution in [-0.4, -0.2) is 56.8 Å². The maximum atomic E-state index is 12.0. The van der Waals surface area contributed by atoms with Gasteiger partial charge in [-0.1, -0.05) is 0 Å². The second-order valence-corrected chi connectivity index (χ2v) is 6.40. The molecule has 1 rings (SSSR count). The number of hydrogen-bond donors (Lipinski definition) is 2. The molecular weight excluding hydrogens is 266 g/mol. The molecule has 1 aromatic rings. The highest BCUT2D eigenvalue weighted by Gasteiger charge is 2.15. The predicted octanol–water partition coefficient (Wildman–Crippen LogP) is -0.538. The van der Waals surface area contributed by atoms with E-state index < -0.39 is 10.0 Å². The van der Waals surface area contributed by atoms with Gasteiger partial charge >= 0.3 is 0 Å². The average Bonchev–Trinajstić information content (AvgIpc) is 2.81. The first-order valence-electron chi connectivity index (χ1n) is 6.32. The number of hydrogen-bond acceptors (Lipinski definition) is 5. The van der Waals surface area contributed by atoms with E-state index in [1.807, 2.05) is 19.0 Å². The van der Waals surface area contributed by atoms with Gasteiger partial charge in [0.25, 0.3) is 0 Å². The Morgan fingerprint density at radius 3 is 2.79 bits per heavy atom. The van der Waals surface area contributed by atoms with E-state index in [1.54, 1.807) is 4.68 Å². The van der Waals surface area contributed by atoms with Crippen molar-refractivity contribution < 1.29 is 8.42 Å². The Morgan fingerprint density at radius 2 is 2.16 bits per heavy atom. The van der Waals surface area contributed by atoms with Gasteiger partial charge in [0.05, 0.1) is 6.20 Å². The van der Waals surface area contributed by atoms with E-state index in [9.17, 15) is 8.42 Å². The molecule has 0 atom stereocenters. The van der Waals surface area contributed by atoms with Crippen LogP contribution in [0.25, 0.3) is 0 Å². The Morgan fingerprint density at radius 1 is 1.42 bits per heavy atom. The van der Waals surface area contributed by atoms with Crippen molar-refractivity contribution in [1.29, 1.82) is 0 Å². The van der Waals surface area contributed by atoms with Gasteiger partial charge in [-0.3, -0.25) is 4.68 Å². The Hall–Kier alpha value is -0.960. The third-order valence-corrected chi connectivity index (χ3v) is 4.00. The van der Waals surface area contributed by atoms with Crippen LogP contribution in [0.15, 0.2) is 17.3 Å². The van der Waals surface area contributed by atoms with Crippen molar-refractivity contribution in [2.75, 3.05) is 33.7 Å². The van der Waals surface area contributed by atoms with Gasteiger partial charge in [0.15, 0.2) is 0 Å². The van der Waals surface area contributed by atoms with Crippen LogP contribution >= 0.6 is 0 Å². The van der Waals surface area contributed by atoms with Gasteiger partial charge in [0.2, 0.25) is 10.0 Å². The molecule has 0 amide bonds. The van der Waals surface area contributed by atoms with Crippen LogP contribution in [-0.2, 0) is 16.6 Å². The molecule has 110 valence electrons. The van der Waals surface area contributed by atoms with Crippen LogP contribution in [0.4, 0.5) is 0 Å². The summed E-state index contributed by atoms with van der Waals surface area (Å²) in [6, 6.07) is 0. The van der Waals surface area contributed by atoms with E-state index >= 15 is 0 Å². The number of sulfonamides is 1. The van der Waals surface area contributed by atoms with E-state index in [4.69, 9.17) is 5.73 Å². The predicted molar refractivity (Wildman–Crippen MR) is 74.3 cm³/mol. The second-order valence-electron chi connectivity index (χ2n) is 4.64. The van der Waals surface area contributed by atoms with Crippen LogP contribution in [0.1, 0.15) is 12.8 Å². The molecule has 0 unspecified atom stereocenters. The molecule has 0 aromatic carbocycles. The van der Waals surface area contributed by atoms with Crippen molar-refractivity contribution in [3.05, 3.63) is 12.4 Å². The summed E-state index contributed by atoms with van der Waals surface area (Å²) in [6.45, 7) is 2.46. The quantitative estimate of drug-likeness (QED) is 0.596. The summed E-state index contributed by atoms with van der Waals surface area (Å²) in [5.74, 6) is 0. The lowest BCUT2D eigenvalue weighted by Gasteiger charge is -2.09. The molecular formula is C11H23N5O2S. The molecule has 0 aliphatic heterocycles. The van der Waals surface area contributed by atoms with Crippen LogP contribution in [0.3, 0.4) is 0 Å². The molecule has 0 spiro atoms. The lowest BCUT2D eigenvalue weighted by atomic mass is 10.4. The summed E-state index contributed by atoms with van der Waals surface area (Å²) in [7, 11) is 0.463. The highest BCUT2D eigenvalue weighted by Crippen LogP contribution is 2.07. The lowest BCUT2D eigenvalue weighted by Crippen LogP contribution is -2.27. The summed E-state index contributed by atoms with van der Waals surface area (Å²) < 4.78 is 28.1. The highest BCUT2D eigenvalue weighted by atomic mass is 32.2. The molecule has 0 aliphatic rings. The molecule has 3 N–H and O–H groups in total. The van der Waals surface area contributed by atoms with Gasteiger partial charge in [-0.05, 0) is 40.0 Å². The monoisotopic (exact) mass is 289 g/mol. The van der Waals surface area contributed by atoms with E-state index in [-0.39, 0.29) is 4.90 Å². The number of nitrogens with one attached hydrogen (secondary N) is 1. The summed E-state index contributed by atoms with van der Waals surface area (Å²) in [5, 5.41) is 4.01. The van der Waals surface area contributed by atoms with E-state index in [0.29, 0.717) is 19.6 Å². The molecule has 8 heteroatoms. The minimum absolute atomic E-state index is 0.203. The summed E-state index contributed by atoms with van der Waals surface area (Å²) in [4.78, 5) is 2.22. The van der Waals surface area contributed by atoms with Gasteiger partial charge in [-0.25, -0.2) is 13.1 Å². The molecule has 19 heavy (non-hydrogen) atoms. The van der Waals surface area contributed by atoms with Gasteiger partial charge in [-0.15, -0.1) is 0 Å². The normalized spacial score (nSPS) is 12.2. The van der Waals surface area contributed by atoms with Crippen molar-refractivity contribution in [3.8, 4) is 0 Å². The molecule has 1 aromatic heterocycles. The first-order chi connectivity index (χ1) is 8.95. The summed E-state index contributed by atoms with van der Waals surface area (Å²) >= 11 is 0. The largest absolute Gasteiger partial charge is 0.330 e. The molecule has 0 bridgehead atoms. The lowest BCUT2D eigenvalue weighted by molar-refractivity contribution is 0.400. The Bertz CT molecular complexity index is 469. The molecule has 1 heterocycles. The third kappa shape index (κ3) is 5.68. The minimum atomic E-state index is -3.45. The van der Waals surface area contributed by atoms with Gasteiger partial charge in [0.1, 0.15) is 4.90 Å². The number of nitrogens with two attached hydrogens (primary N) is 1. The van der Waals surface area contributed by atoms with E-state index in [1.165, 1.54) is 12.4 Å². The second kappa shape index (κ2) is 7.59. The molecule has 0 saturated carbocycles. The van der Waals surface area contributed by atoms with Crippen molar-refractivity contribution in [1.82, 2.24) is 19.4 Å². The molecule has 7 nitrogen and oxygen atoms in total. The average molecular weight is 289 g/mol. The van der Waals surface area contributed by atoms with Crippen LogP contribution in [0, 0.1) is 0 Å². The van der Waals surface area contributed by atoms with Crippen LogP contribution in [0.2, 0.25) is 0 Å². The number of aryl methyl sites for hydroxylation is 1. The van der Waals surface area contributed by atoms with Gasteiger partial charge in [0, 0.05) is 19.3 Å². The zero-order valence-electron chi connectivity index (χ0n) is 11.5. The molecule has 0 saturated heterocycles. The zero-order chi connectivity index (χ0) is 14.3. The highest BCUT2D eigenvalue weighted by molar-refractivity contribution is 7.89. The third-order valence-electron chi connectivity index (χ3n) is 2.59. The first-order valence-corrected chi connectivity index (χ1v) is 7.81. The SMILES string of the molecule is CN(C)CCCNS(=O)(=O)c1cnn(CCCN)c1. The Labute approximate surface area is 114 Å². The molecule has 0 aliphatic carbocycles. The smallest absolute Gasteiger partial charge is 0.243 e. The summed E-state index contributed by atoms with van der Waals surface area (Å²) in [6.07, 6.45) is 4.44. The van der Waals surface area contributed by atoms with Crippen molar-refractivity contribution in [3.63, 3.8) is 0 Å². The van der Waals surface area contributed by atoms with Gasteiger partial charge < -0.3 is 10.6 Å². The van der Waals surface area contributed by atoms with Crippen LogP contribution < -0.4 is 10.5 Å². The standard InChI is InChI=1S/C11H23N5O2S/c1-15(2)7-4-6-14-19(17,18)11-9-13-16(10-11)8-3-5-12/h9-10,14H,3-8,12H2,1-2H3. The van der Waals surface area contributed by atoms with Crippen LogP contribution in [0.5, 0.6) is 0 Å². The number of aromatic nitrogens is 2. The minimum Gasteiger partial charge on any atom is -0.330 e. The van der Waals surface area contributed by atoms with Crippen molar-refractivity contribution in [2.45, 2.75) is 24.3 Å². The number of nitrogens with zero attached hydrogens (tertiary/aromatic N) is 3. The maximum absolute atomic E-state index is 12.0. The molecule has 0 radical (unpaired) electrons. The fraction of sp³-hybridized carbons (Fsp3) is 0.727. The van der Waals surface area contributed by atoms with E-state index in [0.717, 1.165) is 19.4 Å². The molecule has 0 fully saturated rings. The fourth-order valence-corrected chi connectivity index (χ4v) is 2.57. The fourth-order valence-electron chi connectivity index (χ4n) is 1.54. The first kappa shape index (κ1) is 16.1. The Kier molecular flexibility index (Phi) is 6.43. The van der Waals surface area contributed by atoms with Gasteiger partial charge in [-0.2, -0.15) is 5.10 Å². The van der Waals surface area contributed by atoms with E-state index in [2.05, 4.69) is 9.82 Å². The summed E-state index contributed by atoms with van der Waals surface area (Å²) in [5.41, 5.74) is 5.40.